The zero-order valence-electron chi connectivity index (χ0n) is 9.43. The molecule has 0 amide bonds. The molecule has 2 atom stereocenters. The van der Waals surface area contributed by atoms with Crippen molar-refractivity contribution in [2.75, 3.05) is 6.54 Å². The maximum atomic E-state index is 10.0. The summed E-state index contributed by atoms with van der Waals surface area (Å²) in [5.74, 6) is 0.562. The molecule has 0 bridgehead atoms. The van der Waals surface area contributed by atoms with Crippen LogP contribution in [0.1, 0.15) is 19.4 Å². The zero-order chi connectivity index (χ0) is 11.3. The van der Waals surface area contributed by atoms with Gasteiger partial charge < -0.3 is 10.8 Å². The first-order valence-corrected chi connectivity index (χ1v) is 5.42. The summed E-state index contributed by atoms with van der Waals surface area (Å²) in [7, 11) is 0. The number of nitrogens with two attached hydrogens (primary N) is 1. The van der Waals surface area contributed by atoms with Crippen LogP contribution in [0, 0.1) is 11.8 Å². The summed E-state index contributed by atoms with van der Waals surface area (Å²) in [6, 6.07) is 3.86. The Kier molecular flexibility index (Phi) is 4.72. The molecule has 0 radical (unpaired) electrons. The highest BCUT2D eigenvalue weighted by molar-refractivity contribution is 5.09. The smallest absolute Gasteiger partial charge is 0.0623 e. The number of nitrogens with zero attached hydrogens (tertiary/aromatic N) is 1. The molecule has 3 N–H and O–H groups in total. The number of aromatic nitrogens is 1. The average Bonchev–Trinajstić information content (AvgIpc) is 2.19. The number of aliphatic hydroxyl groups excluding tert-OH is 1. The third-order valence-corrected chi connectivity index (χ3v) is 2.79. The highest BCUT2D eigenvalue weighted by atomic mass is 16.3. The van der Waals surface area contributed by atoms with Crippen molar-refractivity contribution >= 4 is 0 Å². The van der Waals surface area contributed by atoms with Gasteiger partial charge in [0.05, 0.1) is 6.10 Å². The molecule has 2 unspecified atom stereocenters. The lowest BCUT2D eigenvalue weighted by molar-refractivity contribution is 0.0863. The van der Waals surface area contributed by atoms with Gasteiger partial charge in [-0.3, -0.25) is 4.98 Å². The second kappa shape index (κ2) is 5.83. The first kappa shape index (κ1) is 12.1. The number of hydrogen-bond acceptors (Lipinski definition) is 3. The van der Waals surface area contributed by atoms with Crippen LogP contribution in [-0.2, 0) is 6.42 Å². The van der Waals surface area contributed by atoms with Crippen molar-refractivity contribution in [3.8, 4) is 0 Å². The van der Waals surface area contributed by atoms with Gasteiger partial charge in [-0.05, 0) is 30.0 Å². The number of hydrogen-bond donors (Lipinski definition) is 2. The molecule has 0 aromatic carbocycles. The Morgan fingerprint density at radius 2 is 2.20 bits per heavy atom. The van der Waals surface area contributed by atoms with Crippen molar-refractivity contribution in [3.63, 3.8) is 0 Å². The van der Waals surface area contributed by atoms with Crippen LogP contribution in [0.25, 0.3) is 0 Å². The predicted octanol–water partition coefficient (Wildman–Crippen LogP) is 1.22. The molecule has 0 aliphatic rings. The van der Waals surface area contributed by atoms with Crippen LogP contribution in [-0.4, -0.2) is 22.7 Å². The van der Waals surface area contributed by atoms with E-state index in [0.29, 0.717) is 18.9 Å². The largest absolute Gasteiger partial charge is 0.392 e. The van der Waals surface area contributed by atoms with Gasteiger partial charge in [0, 0.05) is 18.8 Å². The number of aliphatic hydroxyl groups is 1. The summed E-state index contributed by atoms with van der Waals surface area (Å²) in [5.41, 5.74) is 6.71. The first-order valence-electron chi connectivity index (χ1n) is 5.42. The molecule has 15 heavy (non-hydrogen) atoms. The molecule has 1 rings (SSSR count). The van der Waals surface area contributed by atoms with E-state index in [4.69, 9.17) is 5.73 Å². The second-order valence-corrected chi connectivity index (χ2v) is 4.28. The normalized spacial score (nSPS) is 15.3. The Morgan fingerprint density at radius 1 is 1.47 bits per heavy atom. The Morgan fingerprint density at radius 3 is 2.67 bits per heavy atom. The quantitative estimate of drug-likeness (QED) is 0.764. The van der Waals surface area contributed by atoms with Crippen molar-refractivity contribution in [2.24, 2.45) is 17.6 Å². The predicted molar refractivity (Wildman–Crippen MR) is 61.3 cm³/mol. The van der Waals surface area contributed by atoms with Gasteiger partial charge in [-0.15, -0.1) is 0 Å². The van der Waals surface area contributed by atoms with Gasteiger partial charge >= 0.3 is 0 Å². The Labute approximate surface area is 91.3 Å². The van der Waals surface area contributed by atoms with Gasteiger partial charge in [0.25, 0.3) is 0 Å². The van der Waals surface area contributed by atoms with Crippen LogP contribution in [0.3, 0.4) is 0 Å². The molecule has 0 aliphatic carbocycles. The summed E-state index contributed by atoms with van der Waals surface area (Å²) in [6.45, 7) is 4.70. The lowest BCUT2D eigenvalue weighted by Crippen LogP contribution is -2.33. The molecule has 1 heterocycles. The maximum absolute atomic E-state index is 10.0. The molecule has 0 spiro atoms. The van der Waals surface area contributed by atoms with Crippen LogP contribution >= 0.6 is 0 Å². The highest BCUT2D eigenvalue weighted by Crippen LogP contribution is 2.17. The number of rotatable bonds is 5. The summed E-state index contributed by atoms with van der Waals surface area (Å²) >= 11 is 0. The van der Waals surface area contributed by atoms with E-state index in [2.05, 4.69) is 18.8 Å². The van der Waals surface area contributed by atoms with Crippen molar-refractivity contribution < 1.29 is 5.11 Å². The SMILES string of the molecule is CC(C)C(CN)C(O)Cc1cccnc1. The Bertz CT molecular complexity index is 274. The van der Waals surface area contributed by atoms with E-state index in [1.165, 1.54) is 0 Å². The number of pyridine rings is 1. The van der Waals surface area contributed by atoms with Gasteiger partial charge in [-0.2, -0.15) is 0 Å². The van der Waals surface area contributed by atoms with Crippen molar-refractivity contribution in [1.82, 2.24) is 4.98 Å². The third kappa shape index (κ3) is 3.61. The Balaban J connectivity index is 2.58. The molecule has 0 aliphatic heterocycles. The monoisotopic (exact) mass is 208 g/mol. The van der Waals surface area contributed by atoms with E-state index < -0.39 is 0 Å². The minimum atomic E-state index is -0.376. The summed E-state index contributed by atoms with van der Waals surface area (Å²) in [4.78, 5) is 4.03. The zero-order valence-corrected chi connectivity index (χ0v) is 9.43. The topological polar surface area (TPSA) is 59.1 Å². The summed E-state index contributed by atoms with van der Waals surface area (Å²) in [6.07, 6.45) is 3.78. The van der Waals surface area contributed by atoms with Crippen molar-refractivity contribution in [1.29, 1.82) is 0 Å². The minimum absolute atomic E-state index is 0.158. The fraction of sp³-hybridized carbons (Fsp3) is 0.583. The van der Waals surface area contributed by atoms with Crippen LogP contribution < -0.4 is 5.73 Å². The fourth-order valence-corrected chi connectivity index (χ4v) is 1.79. The van der Waals surface area contributed by atoms with E-state index in [-0.39, 0.29) is 12.0 Å². The van der Waals surface area contributed by atoms with Gasteiger partial charge in [0.2, 0.25) is 0 Å². The molecule has 3 heteroatoms. The molecule has 84 valence electrons. The van der Waals surface area contributed by atoms with Gasteiger partial charge in [0.1, 0.15) is 0 Å². The van der Waals surface area contributed by atoms with Crippen molar-refractivity contribution in [2.45, 2.75) is 26.4 Å². The molecular weight excluding hydrogens is 188 g/mol. The maximum Gasteiger partial charge on any atom is 0.0623 e. The van der Waals surface area contributed by atoms with Crippen LogP contribution in [0.4, 0.5) is 0 Å². The standard InChI is InChI=1S/C12H20N2O/c1-9(2)11(7-13)12(15)6-10-4-3-5-14-8-10/h3-5,8-9,11-12,15H,6-7,13H2,1-2H3. The second-order valence-electron chi connectivity index (χ2n) is 4.28. The molecule has 0 fully saturated rings. The Hall–Kier alpha value is -0.930. The summed E-state index contributed by atoms with van der Waals surface area (Å²) in [5, 5.41) is 10.0. The molecular formula is C12H20N2O. The molecule has 0 saturated carbocycles. The molecule has 3 nitrogen and oxygen atoms in total. The van der Waals surface area contributed by atoms with E-state index in [1.54, 1.807) is 12.4 Å². The lowest BCUT2D eigenvalue weighted by atomic mass is 9.87. The van der Waals surface area contributed by atoms with E-state index >= 15 is 0 Å². The average molecular weight is 208 g/mol. The van der Waals surface area contributed by atoms with E-state index in [9.17, 15) is 5.11 Å². The highest BCUT2D eigenvalue weighted by Gasteiger charge is 2.21. The third-order valence-electron chi connectivity index (χ3n) is 2.79. The van der Waals surface area contributed by atoms with Crippen LogP contribution in [0.15, 0.2) is 24.5 Å². The molecule has 1 aromatic heterocycles. The van der Waals surface area contributed by atoms with Crippen molar-refractivity contribution in [3.05, 3.63) is 30.1 Å². The minimum Gasteiger partial charge on any atom is -0.392 e. The van der Waals surface area contributed by atoms with Gasteiger partial charge in [-0.25, -0.2) is 0 Å². The van der Waals surface area contributed by atoms with Gasteiger partial charge in [0.15, 0.2) is 0 Å². The lowest BCUT2D eigenvalue weighted by Gasteiger charge is -2.24. The fourth-order valence-electron chi connectivity index (χ4n) is 1.79. The molecule has 1 aromatic rings. The van der Waals surface area contributed by atoms with Crippen LogP contribution in [0.5, 0.6) is 0 Å². The van der Waals surface area contributed by atoms with E-state index in [1.807, 2.05) is 12.1 Å². The van der Waals surface area contributed by atoms with Crippen LogP contribution in [0.2, 0.25) is 0 Å². The first-order chi connectivity index (χ1) is 7.15. The summed E-state index contributed by atoms with van der Waals surface area (Å²) < 4.78 is 0. The molecule has 0 saturated heterocycles. The van der Waals surface area contributed by atoms with Gasteiger partial charge in [-0.1, -0.05) is 19.9 Å². The van der Waals surface area contributed by atoms with E-state index in [0.717, 1.165) is 5.56 Å².